The molecular formula is C21H27N5O4S. The summed E-state index contributed by atoms with van der Waals surface area (Å²) in [5, 5.41) is 2.84. The van der Waals surface area contributed by atoms with Crippen molar-refractivity contribution >= 4 is 21.8 Å². The molecular weight excluding hydrogens is 418 g/mol. The van der Waals surface area contributed by atoms with Crippen molar-refractivity contribution in [2.24, 2.45) is 0 Å². The first-order valence-corrected chi connectivity index (χ1v) is 11.9. The number of rotatable bonds is 5. The highest BCUT2D eigenvalue weighted by Gasteiger charge is 2.35. The molecule has 1 atom stereocenters. The lowest BCUT2D eigenvalue weighted by molar-refractivity contribution is 0.0695. The van der Waals surface area contributed by atoms with Crippen LogP contribution in [0.4, 0.5) is 5.69 Å². The van der Waals surface area contributed by atoms with E-state index in [1.165, 1.54) is 14.8 Å². The maximum absolute atomic E-state index is 13.0. The Hall–Kier alpha value is -2.40. The lowest BCUT2D eigenvalue weighted by Gasteiger charge is -2.36. The Morgan fingerprint density at radius 3 is 2.58 bits per heavy atom. The van der Waals surface area contributed by atoms with Crippen molar-refractivity contribution in [1.82, 2.24) is 18.6 Å². The molecule has 9 nitrogen and oxygen atoms in total. The third-order valence-electron chi connectivity index (χ3n) is 5.65. The molecule has 2 fully saturated rings. The molecule has 0 spiro atoms. The average Bonchev–Trinajstić information content (AvgIpc) is 2.80. The van der Waals surface area contributed by atoms with Gasteiger partial charge < -0.3 is 10.1 Å². The minimum atomic E-state index is -3.53. The standard InChI is InChI=1S/C21H27N5O4S/c1-16-19(21(27)24-18-7-3-2-4-8-18)14-22-20(23-16)17-6-5-9-26(15-17)31(28,29)25-10-12-30-13-11-25/h2-4,7-8,14,17H,5-6,9-13,15H2,1H3,(H,24,27)/t17-/m1/s1. The van der Waals surface area contributed by atoms with Gasteiger partial charge in [0.25, 0.3) is 16.1 Å². The number of aryl methyl sites for hydroxylation is 1. The number of hydrogen-bond donors (Lipinski definition) is 1. The highest BCUT2D eigenvalue weighted by molar-refractivity contribution is 7.86. The number of carbonyl (C=O) groups is 1. The quantitative estimate of drug-likeness (QED) is 0.752. The molecule has 31 heavy (non-hydrogen) atoms. The van der Waals surface area contributed by atoms with E-state index < -0.39 is 10.2 Å². The molecule has 0 radical (unpaired) electrons. The van der Waals surface area contributed by atoms with Crippen LogP contribution in [0.1, 0.15) is 40.6 Å². The number of amides is 1. The van der Waals surface area contributed by atoms with Gasteiger partial charge in [-0.25, -0.2) is 9.97 Å². The molecule has 0 saturated carbocycles. The van der Waals surface area contributed by atoms with E-state index in [0.717, 1.165) is 12.8 Å². The second-order valence-corrected chi connectivity index (χ2v) is 9.69. The predicted octanol–water partition coefficient (Wildman–Crippen LogP) is 1.79. The fourth-order valence-corrected chi connectivity index (χ4v) is 5.59. The normalized spacial score (nSPS) is 21.0. The second-order valence-electron chi connectivity index (χ2n) is 7.76. The zero-order valence-corrected chi connectivity index (χ0v) is 18.3. The Morgan fingerprint density at radius 1 is 1.13 bits per heavy atom. The maximum Gasteiger partial charge on any atom is 0.282 e. The summed E-state index contributed by atoms with van der Waals surface area (Å²) in [6, 6.07) is 9.21. The van der Waals surface area contributed by atoms with Crippen LogP contribution in [-0.2, 0) is 14.9 Å². The van der Waals surface area contributed by atoms with E-state index >= 15 is 0 Å². The van der Waals surface area contributed by atoms with Gasteiger partial charge in [-0.1, -0.05) is 18.2 Å². The molecule has 2 aliphatic rings. The minimum absolute atomic E-state index is 0.102. The van der Waals surface area contributed by atoms with Crippen molar-refractivity contribution in [2.75, 3.05) is 44.7 Å². The van der Waals surface area contributed by atoms with Crippen molar-refractivity contribution in [2.45, 2.75) is 25.7 Å². The van der Waals surface area contributed by atoms with E-state index in [1.807, 2.05) is 30.3 Å². The first-order valence-electron chi connectivity index (χ1n) is 10.5. The Bertz CT molecular complexity index is 1030. The SMILES string of the molecule is Cc1nc([C@@H]2CCCN(S(=O)(=O)N3CCOCC3)C2)ncc1C(=O)Nc1ccccc1. The highest BCUT2D eigenvalue weighted by Crippen LogP contribution is 2.28. The molecule has 0 unspecified atom stereocenters. The van der Waals surface area contributed by atoms with Crippen LogP contribution in [0, 0.1) is 6.92 Å². The number of benzene rings is 1. The molecule has 3 heterocycles. The van der Waals surface area contributed by atoms with Crippen LogP contribution < -0.4 is 5.32 Å². The van der Waals surface area contributed by atoms with Crippen LogP contribution in [-0.4, -0.2) is 72.3 Å². The number of para-hydroxylation sites is 1. The number of morpholine rings is 1. The highest BCUT2D eigenvalue weighted by atomic mass is 32.2. The van der Waals surface area contributed by atoms with Crippen molar-refractivity contribution in [1.29, 1.82) is 0 Å². The van der Waals surface area contributed by atoms with Gasteiger partial charge in [0.05, 0.1) is 24.5 Å². The Kier molecular flexibility index (Phi) is 6.61. The molecule has 2 saturated heterocycles. The molecule has 2 aliphatic heterocycles. The molecule has 0 aliphatic carbocycles. The zero-order chi connectivity index (χ0) is 21.8. The predicted molar refractivity (Wildman–Crippen MR) is 116 cm³/mol. The molecule has 1 aromatic carbocycles. The molecule has 4 rings (SSSR count). The topological polar surface area (TPSA) is 105 Å². The van der Waals surface area contributed by atoms with Gasteiger partial charge in [0, 0.05) is 44.0 Å². The molecule has 0 bridgehead atoms. The molecule has 1 aromatic heterocycles. The first kappa shape index (κ1) is 21.8. The monoisotopic (exact) mass is 445 g/mol. The van der Waals surface area contributed by atoms with Crippen LogP contribution in [0.25, 0.3) is 0 Å². The third kappa shape index (κ3) is 4.93. The second kappa shape index (κ2) is 9.39. The van der Waals surface area contributed by atoms with E-state index in [9.17, 15) is 13.2 Å². The summed E-state index contributed by atoms with van der Waals surface area (Å²) in [4.78, 5) is 21.6. The molecule has 2 aromatic rings. The van der Waals surface area contributed by atoms with Crippen molar-refractivity contribution < 1.29 is 17.9 Å². The van der Waals surface area contributed by atoms with E-state index in [-0.39, 0.29) is 11.8 Å². The summed E-state index contributed by atoms with van der Waals surface area (Å²) in [5.41, 5.74) is 1.68. The van der Waals surface area contributed by atoms with Gasteiger partial charge >= 0.3 is 0 Å². The van der Waals surface area contributed by atoms with Gasteiger partial charge in [0.2, 0.25) is 0 Å². The fraction of sp³-hybridized carbons (Fsp3) is 0.476. The summed E-state index contributed by atoms with van der Waals surface area (Å²) >= 11 is 0. The number of hydrogen-bond acceptors (Lipinski definition) is 6. The van der Waals surface area contributed by atoms with Crippen LogP contribution in [0.5, 0.6) is 0 Å². The van der Waals surface area contributed by atoms with Gasteiger partial charge in [0.15, 0.2) is 0 Å². The van der Waals surface area contributed by atoms with Crippen molar-refractivity contribution in [3.63, 3.8) is 0 Å². The Labute approximate surface area is 182 Å². The van der Waals surface area contributed by atoms with Crippen LogP contribution in [0.15, 0.2) is 36.5 Å². The van der Waals surface area contributed by atoms with Crippen molar-refractivity contribution in [3.05, 3.63) is 53.6 Å². The molecule has 166 valence electrons. The largest absolute Gasteiger partial charge is 0.379 e. The lowest BCUT2D eigenvalue weighted by atomic mass is 9.98. The number of ether oxygens (including phenoxy) is 1. The summed E-state index contributed by atoms with van der Waals surface area (Å²) in [6.07, 6.45) is 3.09. The zero-order valence-electron chi connectivity index (χ0n) is 17.5. The van der Waals surface area contributed by atoms with E-state index in [4.69, 9.17) is 4.74 Å². The van der Waals surface area contributed by atoms with E-state index in [0.29, 0.717) is 62.2 Å². The van der Waals surface area contributed by atoms with Gasteiger partial charge in [-0.15, -0.1) is 0 Å². The molecule has 1 N–H and O–H groups in total. The Morgan fingerprint density at radius 2 is 1.87 bits per heavy atom. The van der Waals surface area contributed by atoms with Crippen LogP contribution in [0.2, 0.25) is 0 Å². The molecule has 1 amide bonds. The number of nitrogens with one attached hydrogen (secondary N) is 1. The van der Waals surface area contributed by atoms with E-state index in [1.54, 1.807) is 6.92 Å². The smallest absolute Gasteiger partial charge is 0.282 e. The van der Waals surface area contributed by atoms with Gasteiger partial charge in [-0.2, -0.15) is 17.0 Å². The number of carbonyl (C=O) groups excluding carboxylic acids is 1. The van der Waals surface area contributed by atoms with E-state index in [2.05, 4.69) is 15.3 Å². The molecule has 10 heteroatoms. The minimum Gasteiger partial charge on any atom is -0.379 e. The fourth-order valence-electron chi connectivity index (χ4n) is 3.93. The first-order chi connectivity index (χ1) is 14.9. The van der Waals surface area contributed by atoms with Crippen molar-refractivity contribution in [3.8, 4) is 0 Å². The van der Waals surface area contributed by atoms with Gasteiger partial charge in [0.1, 0.15) is 5.82 Å². The summed E-state index contributed by atoms with van der Waals surface area (Å²) < 4.78 is 34.3. The third-order valence-corrected chi connectivity index (χ3v) is 7.65. The number of nitrogens with zero attached hydrogens (tertiary/aromatic N) is 4. The van der Waals surface area contributed by atoms with Crippen LogP contribution in [0.3, 0.4) is 0 Å². The van der Waals surface area contributed by atoms with Gasteiger partial charge in [-0.05, 0) is 31.9 Å². The lowest BCUT2D eigenvalue weighted by Crippen LogP contribution is -2.51. The summed E-state index contributed by atoms with van der Waals surface area (Å²) in [5.74, 6) is 0.209. The number of anilines is 1. The Balaban J connectivity index is 1.46. The summed E-state index contributed by atoms with van der Waals surface area (Å²) in [6.45, 7) is 4.21. The number of aromatic nitrogens is 2. The summed E-state index contributed by atoms with van der Waals surface area (Å²) in [7, 11) is -3.53. The number of piperidine rings is 1. The van der Waals surface area contributed by atoms with Crippen LogP contribution >= 0.6 is 0 Å². The maximum atomic E-state index is 13.0. The van der Waals surface area contributed by atoms with Gasteiger partial charge in [-0.3, -0.25) is 4.79 Å². The average molecular weight is 446 g/mol.